The summed E-state index contributed by atoms with van der Waals surface area (Å²) in [4.78, 5) is 24.1. The highest BCUT2D eigenvalue weighted by atomic mass is 16.1. The number of ketones is 2. The predicted octanol–water partition coefficient (Wildman–Crippen LogP) is 2.53. The molecule has 0 aliphatic heterocycles. The fraction of sp³-hybridized carbons (Fsp3) is 0.286. The maximum absolute atomic E-state index is 12.1. The van der Waals surface area contributed by atoms with Gasteiger partial charge in [0.15, 0.2) is 11.6 Å². The molecule has 0 heterocycles. The topological polar surface area (TPSA) is 34.1 Å². The van der Waals surface area contributed by atoms with Gasteiger partial charge in [-0.15, -0.1) is 0 Å². The second kappa shape index (κ2) is 3.71. The molecule has 2 aliphatic rings. The van der Waals surface area contributed by atoms with E-state index in [1.165, 1.54) is 0 Å². The van der Waals surface area contributed by atoms with Crippen LogP contribution in [0.25, 0.3) is 0 Å². The maximum atomic E-state index is 12.1. The van der Waals surface area contributed by atoms with E-state index in [0.29, 0.717) is 22.3 Å². The van der Waals surface area contributed by atoms with Crippen molar-refractivity contribution in [1.29, 1.82) is 0 Å². The lowest BCUT2D eigenvalue weighted by atomic mass is 9.82. The monoisotopic (exact) mass is 214 g/mol. The van der Waals surface area contributed by atoms with Crippen molar-refractivity contribution in [2.75, 3.05) is 0 Å². The number of rotatable bonds is 0. The summed E-state index contributed by atoms with van der Waals surface area (Å²) in [5.74, 6) is 0.146. The second-order valence-electron chi connectivity index (χ2n) is 4.31. The summed E-state index contributed by atoms with van der Waals surface area (Å²) >= 11 is 0. The first-order chi connectivity index (χ1) is 7.52. The normalized spacial score (nSPS) is 25.1. The number of allylic oxidation sites excluding steroid dienone is 8. The lowest BCUT2D eigenvalue weighted by Crippen LogP contribution is -2.22. The standard InChI is InChI=1S/C14H14O2/c1-8-5-4-6-11-12(7-8)14(16)10(3)9(2)13(11)15/h4-8H,1-3H3. The smallest absolute Gasteiger partial charge is 0.189 e. The van der Waals surface area contributed by atoms with Crippen LogP contribution in [-0.2, 0) is 9.59 Å². The summed E-state index contributed by atoms with van der Waals surface area (Å²) in [6.07, 6.45) is 7.43. The summed E-state index contributed by atoms with van der Waals surface area (Å²) in [7, 11) is 0. The molecule has 0 saturated carbocycles. The van der Waals surface area contributed by atoms with Gasteiger partial charge in [0, 0.05) is 22.3 Å². The van der Waals surface area contributed by atoms with Crippen molar-refractivity contribution < 1.29 is 9.59 Å². The van der Waals surface area contributed by atoms with E-state index in [1.54, 1.807) is 19.9 Å². The molecule has 0 spiro atoms. The number of hydrogen-bond donors (Lipinski definition) is 0. The minimum Gasteiger partial charge on any atom is -0.289 e. The Kier molecular flexibility index (Phi) is 2.50. The molecule has 0 N–H and O–H groups in total. The van der Waals surface area contributed by atoms with Crippen molar-refractivity contribution in [1.82, 2.24) is 0 Å². The van der Waals surface area contributed by atoms with Gasteiger partial charge in [0.25, 0.3) is 0 Å². The van der Waals surface area contributed by atoms with Gasteiger partial charge in [-0.2, -0.15) is 0 Å². The Morgan fingerprint density at radius 1 is 1.00 bits per heavy atom. The van der Waals surface area contributed by atoms with Gasteiger partial charge in [-0.25, -0.2) is 0 Å². The molecule has 0 amide bonds. The van der Waals surface area contributed by atoms with E-state index >= 15 is 0 Å². The van der Waals surface area contributed by atoms with Crippen LogP contribution in [0.3, 0.4) is 0 Å². The van der Waals surface area contributed by atoms with Gasteiger partial charge in [-0.05, 0) is 19.8 Å². The van der Waals surface area contributed by atoms with Crippen molar-refractivity contribution in [3.05, 3.63) is 46.6 Å². The minimum absolute atomic E-state index is 0.0149. The molecular formula is C14H14O2. The van der Waals surface area contributed by atoms with E-state index in [4.69, 9.17) is 0 Å². The van der Waals surface area contributed by atoms with Crippen molar-refractivity contribution in [3.8, 4) is 0 Å². The van der Waals surface area contributed by atoms with Crippen molar-refractivity contribution >= 4 is 11.6 Å². The molecule has 2 rings (SSSR count). The van der Waals surface area contributed by atoms with Gasteiger partial charge in [-0.1, -0.05) is 31.2 Å². The average Bonchev–Trinajstić information content (AvgIpc) is 2.45. The molecule has 1 atom stereocenters. The molecule has 2 heteroatoms. The highest BCUT2D eigenvalue weighted by Gasteiger charge is 2.30. The zero-order valence-corrected chi connectivity index (χ0v) is 9.70. The Morgan fingerprint density at radius 2 is 1.56 bits per heavy atom. The Bertz CT molecular complexity index is 499. The minimum atomic E-state index is -0.0258. The zero-order valence-electron chi connectivity index (χ0n) is 9.70. The van der Waals surface area contributed by atoms with E-state index in [2.05, 4.69) is 0 Å². The van der Waals surface area contributed by atoms with Crippen LogP contribution in [0.4, 0.5) is 0 Å². The van der Waals surface area contributed by atoms with Gasteiger partial charge >= 0.3 is 0 Å². The summed E-state index contributed by atoms with van der Waals surface area (Å²) < 4.78 is 0. The molecule has 2 aliphatic carbocycles. The van der Waals surface area contributed by atoms with Crippen LogP contribution in [-0.4, -0.2) is 11.6 Å². The zero-order chi connectivity index (χ0) is 11.9. The van der Waals surface area contributed by atoms with E-state index in [9.17, 15) is 9.59 Å². The van der Waals surface area contributed by atoms with E-state index in [0.717, 1.165) is 0 Å². The van der Waals surface area contributed by atoms with E-state index < -0.39 is 0 Å². The second-order valence-corrected chi connectivity index (χ2v) is 4.31. The maximum Gasteiger partial charge on any atom is 0.189 e. The third-order valence-corrected chi connectivity index (χ3v) is 3.13. The van der Waals surface area contributed by atoms with Gasteiger partial charge in [0.05, 0.1) is 0 Å². The number of hydrogen-bond acceptors (Lipinski definition) is 2. The molecule has 0 aromatic carbocycles. The first kappa shape index (κ1) is 10.8. The fourth-order valence-corrected chi connectivity index (χ4v) is 1.97. The largest absolute Gasteiger partial charge is 0.289 e. The first-order valence-electron chi connectivity index (χ1n) is 5.40. The molecule has 0 fully saturated rings. The Balaban J connectivity index is 2.65. The molecule has 0 radical (unpaired) electrons. The number of Topliss-reactive ketones (excluding diaryl/α,β-unsaturated/α-hetero) is 2. The van der Waals surface area contributed by atoms with Crippen molar-refractivity contribution in [2.45, 2.75) is 20.8 Å². The Hall–Kier alpha value is -1.70. The highest BCUT2D eigenvalue weighted by molar-refractivity contribution is 6.29. The van der Waals surface area contributed by atoms with Crippen LogP contribution in [0.15, 0.2) is 46.6 Å². The molecule has 82 valence electrons. The lowest BCUT2D eigenvalue weighted by molar-refractivity contribution is -0.116. The first-order valence-corrected chi connectivity index (χ1v) is 5.40. The summed E-state index contributed by atoms with van der Waals surface area (Å²) in [6, 6.07) is 0. The molecule has 1 unspecified atom stereocenters. The van der Waals surface area contributed by atoms with Crippen LogP contribution in [0.1, 0.15) is 20.8 Å². The molecule has 0 bridgehead atoms. The highest BCUT2D eigenvalue weighted by Crippen LogP contribution is 2.30. The van der Waals surface area contributed by atoms with Gasteiger partial charge < -0.3 is 0 Å². The molecule has 2 nitrogen and oxygen atoms in total. The van der Waals surface area contributed by atoms with Crippen LogP contribution in [0, 0.1) is 5.92 Å². The molecular weight excluding hydrogens is 200 g/mol. The average molecular weight is 214 g/mol. The molecule has 0 saturated heterocycles. The molecule has 0 aromatic rings. The summed E-state index contributed by atoms with van der Waals surface area (Å²) in [5.41, 5.74) is 2.23. The van der Waals surface area contributed by atoms with Gasteiger partial charge in [-0.3, -0.25) is 9.59 Å². The van der Waals surface area contributed by atoms with Gasteiger partial charge in [0.1, 0.15) is 0 Å². The van der Waals surface area contributed by atoms with Crippen molar-refractivity contribution in [3.63, 3.8) is 0 Å². The number of fused-ring (bicyclic) bond motifs is 1. The predicted molar refractivity (Wildman–Crippen MR) is 62.9 cm³/mol. The number of carbonyl (C=O) groups is 2. The van der Waals surface area contributed by atoms with Crippen LogP contribution in [0.2, 0.25) is 0 Å². The van der Waals surface area contributed by atoms with Crippen molar-refractivity contribution in [2.24, 2.45) is 5.92 Å². The Labute approximate surface area is 95.0 Å². The summed E-state index contributed by atoms with van der Waals surface area (Å²) in [5, 5.41) is 0. The molecule has 16 heavy (non-hydrogen) atoms. The Morgan fingerprint density at radius 3 is 2.19 bits per heavy atom. The third-order valence-electron chi connectivity index (χ3n) is 3.13. The van der Waals surface area contributed by atoms with Crippen LogP contribution in [0.5, 0.6) is 0 Å². The lowest BCUT2D eigenvalue weighted by Gasteiger charge is -2.18. The number of carbonyl (C=O) groups excluding carboxylic acids is 2. The van der Waals surface area contributed by atoms with Crippen LogP contribution >= 0.6 is 0 Å². The summed E-state index contributed by atoms with van der Waals surface area (Å²) in [6.45, 7) is 5.43. The quantitative estimate of drug-likeness (QED) is 0.621. The third kappa shape index (κ3) is 1.51. The SMILES string of the molecule is CC1=C(C)C(=O)C2=CC(C)C=CC=C2C1=O. The fourth-order valence-electron chi connectivity index (χ4n) is 1.97. The van der Waals surface area contributed by atoms with E-state index in [1.807, 2.05) is 25.2 Å². The van der Waals surface area contributed by atoms with Crippen LogP contribution < -0.4 is 0 Å². The van der Waals surface area contributed by atoms with E-state index in [-0.39, 0.29) is 17.5 Å². The molecule has 0 aromatic heterocycles. The van der Waals surface area contributed by atoms with Gasteiger partial charge in [0.2, 0.25) is 0 Å².